The summed E-state index contributed by atoms with van der Waals surface area (Å²) in [6, 6.07) is 14.1. The van der Waals surface area contributed by atoms with E-state index in [1.54, 1.807) is 0 Å². The summed E-state index contributed by atoms with van der Waals surface area (Å²) in [6.07, 6.45) is 2.15. The van der Waals surface area contributed by atoms with Crippen molar-refractivity contribution in [1.29, 1.82) is 0 Å². The van der Waals surface area contributed by atoms with Gasteiger partial charge in [0.2, 0.25) is 11.8 Å². The predicted molar refractivity (Wildman–Crippen MR) is 119 cm³/mol. The molecule has 0 aromatic heterocycles. The van der Waals surface area contributed by atoms with Gasteiger partial charge in [0.25, 0.3) is 0 Å². The van der Waals surface area contributed by atoms with Crippen LogP contribution < -0.4 is 5.32 Å². The molecule has 1 atom stereocenters. The summed E-state index contributed by atoms with van der Waals surface area (Å²) < 4.78 is 0. The zero-order chi connectivity index (χ0) is 20.5. The second-order valence-corrected chi connectivity index (χ2v) is 8.97. The van der Waals surface area contributed by atoms with Gasteiger partial charge in [-0.1, -0.05) is 42.1 Å². The largest absolute Gasteiger partial charge is 0.326 e. The molecule has 0 radical (unpaired) electrons. The van der Waals surface area contributed by atoms with Gasteiger partial charge in [0, 0.05) is 18.2 Å². The zero-order valence-electron chi connectivity index (χ0n) is 16.9. The molecule has 1 aliphatic carbocycles. The highest BCUT2D eigenvalue weighted by Gasteiger charge is 2.46. The Bertz CT molecular complexity index is 997. The van der Waals surface area contributed by atoms with Crippen molar-refractivity contribution in [1.82, 2.24) is 4.90 Å². The maximum atomic E-state index is 13.0. The van der Waals surface area contributed by atoms with E-state index in [1.807, 2.05) is 68.1 Å². The van der Waals surface area contributed by atoms with E-state index in [4.69, 9.17) is 4.99 Å². The van der Waals surface area contributed by atoms with E-state index in [0.29, 0.717) is 0 Å². The molecule has 0 unspecified atom stereocenters. The molecule has 1 heterocycles. The van der Waals surface area contributed by atoms with Gasteiger partial charge in [0.05, 0.1) is 5.69 Å². The van der Waals surface area contributed by atoms with Crippen LogP contribution in [0.3, 0.4) is 0 Å². The predicted octanol–water partition coefficient (Wildman–Crippen LogP) is 4.73. The lowest BCUT2D eigenvalue weighted by Gasteiger charge is -2.15. The van der Waals surface area contributed by atoms with E-state index < -0.39 is 5.25 Å². The summed E-state index contributed by atoms with van der Waals surface area (Å²) in [5.41, 5.74) is 4.84. The van der Waals surface area contributed by atoms with Crippen molar-refractivity contribution in [2.75, 3.05) is 5.32 Å². The summed E-state index contributed by atoms with van der Waals surface area (Å²) >= 11 is 1.41. The molecule has 2 fully saturated rings. The van der Waals surface area contributed by atoms with E-state index in [2.05, 4.69) is 5.32 Å². The molecule has 2 aromatic rings. The van der Waals surface area contributed by atoms with Crippen molar-refractivity contribution in [3.8, 4) is 0 Å². The summed E-state index contributed by atoms with van der Waals surface area (Å²) in [7, 11) is 0. The van der Waals surface area contributed by atoms with Gasteiger partial charge in [-0.15, -0.1) is 0 Å². The Kier molecular flexibility index (Phi) is 5.46. The van der Waals surface area contributed by atoms with Crippen molar-refractivity contribution >= 4 is 40.1 Å². The molecule has 4 rings (SSSR count). The van der Waals surface area contributed by atoms with Crippen LogP contribution in [0.15, 0.2) is 47.5 Å². The number of aryl methyl sites for hydroxylation is 3. The van der Waals surface area contributed by atoms with Crippen LogP contribution in [0, 0.1) is 20.8 Å². The number of aliphatic imine (C=N–C) groups is 1. The van der Waals surface area contributed by atoms with Crippen LogP contribution in [0.4, 0.5) is 11.4 Å². The van der Waals surface area contributed by atoms with Gasteiger partial charge in [0.15, 0.2) is 5.17 Å². The molecule has 2 aromatic carbocycles. The van der Waals surface area contributed by atoms with Gasteiger partial charge < -0.3 is 5.32 Å². The van der Waals surface area contributed by atoms with E-state index >= 15 is 0 Å². The van der Waals surface area contributed by atoms with Crippen molar-refractivity contribution in [2.45, 2.75) is 51.3 Å². The number of hydrogen-bond acceptors (Lipinski definition) is 4. The third kappa shape index (κ3) is 4.37. The first kappa shape index (κ1) is 19.7. The Morgan fingerprint density at radius 1 is 1.14 bits per heavy atom. The third-order valence-corrected chi connectivity index (χ3v) is 6.40. The molecule has 150 valence electrons. The maximum Gasteiger partial charge on any atom is 0.242 e. The Hall–Kier alpha value is -2.60. The minimum absolute atomic E-state index is 0.000878. The molecule has 6 heteroatoms. The highest BCUT2D eigenvalue weighted by Crippen LogP contribution is 2.39. The van der Waals surface area contributed by atoms with Gasteiger partial charge in [-0.05, 0) is 62.4 Å². The number of para-hydroxylation sites is 1. The van der Waals surface area contributed by atoms with Crippen LogP contribution in [-0.2, 0) is 9.59 Å². The molecular weight excluding hydrogens is 382 g/mol. The number of benzene rings is 2. The summed E-state index contributed by atoms with van der Waals surface area (Å²) in [5, 5.41) is 3.26. The lowest BCUT2D eigenvalue weighted by Crippen LogP contribution is -2.35. The van der Waals surface area contributed by atoms with Crippen molar-refractivity contribution in [3.05, 3.63) is 59.2 Å². The Balaban J connectivity index is 1.51. The standard InChI is InChI=1S/C23H25N3O2S/c1-14-8-9-16(3)19(12-14)24-21(27)13-20-22(28)26(17-10-11-17)23(29-20)25-18-7-5-4-6-15(18)2/h4-9,12,17,20H,10-11,13H2,1-3H3,(H,24,27)/t20-/m0/s1. The fourth-order valence-electron chi connectivity index (χ4n) is 3.39. The van der Waals surface area contributed by atoms with E-state index in [0.717, 1.165) is 46.1 Å². The van der Waals surface area contributed by atoms with Gasteiger partial charge in [-0.3, -0.25) is 14.5 Å². The van der Waals surface area contributed by atoms with Gasteiger partial charge in [0.1, 0.15) is 5.25 Å². The summed E-state index contributed by atoms with van der Waals surface area (Å²) in [5.74, 6) is -0.140. The Morgan fingerprint density at radius 2 is 1.90 bits per heavy atom. The molecule has 2 amide bonds. The average Bonchev–Trinajstić information content (AvgIpc) is 3.46. The van der Waals surface area contributed by atoms with Crippen molar-refractivity contribution in [2.24, 2.45) is 4.99 Å². The first-order valence-corrected chi connectivity index (χ1v) is 10.8. The maximum absolute atomic E-state index is 13.0. The Labute approximate surface area is 175 Å². The first-order valence-electron chi connectivity index (χ1n) is 9.93. The monoisotopic (exact) mass is 407 g/mol. The second-order valence-electron chi connectivity index (χ2n) is 7.80. The van der Waals surface area contributed by atoms with Gasteiger partial charge >= 0.3 is 0 Å². The quantitative estimate of drug-likeness (QED) is 0.779. The van der Waals surface area contributed by atoms with Crippen LogP contribution in [-0.4, -0.2) is 33.2 Å². The number of amidine groups is 1. The molecule has 29 heavy (non-hydrogen) atoms. The van der Waals surface area contributed by atoms with Crippen molar-refractivity contribution in [3.63, 3.8) is 0 Å². The van der Waals surface area contributed by atoms with E-state index in [9.17, 15) is 9.59 Å². The number of nitrogens with one attached hydrogen (secondary N) is 1. The lowest BCUT2D eigenvalue weighted by atomic mass is 10.1. The van der Waals surface area contributed by atoms with Crippen LogP contribution in [0.25, 0.3) is 0 Å². The number of thioether (sulfide) groups is 1. The van der Waals surface area contributed by atoms with Crippen molar-refractivity contribution < 1.29 is 9.59 Å². The molecule has 0 bridgehead atoms. The number of rotatable bonds is 5. The zero-order valence-corrected chi connectivity index (χ0v) is 17.8. The topological polar surface area (TPSA) is 61.8 Å². The van der Waals surface area contributed by atoms with Crippen LogP contribution in [0.2, 0.25) is 0 Å². The Morgan fingerprint density at radius 3 is 2.62 bits per heavy atom. The SMILES string of the molecule is Cc1ccc(C)c(NC(=O)C[C@@H]2SC(=Nc3ccccc3C)N(C3CC3)C2=O)c1. The number of carbonyl (C=O) groups excluding carboxylic acids is 2. The minimum atomic E-state index is -0.427. The first-order chi connectivity index (χ1) is 13.9. The number of amides is 2. The number of nitrogens with zero attached hydrogens (tertiary/aromatic N) is 2. The van der Waals surface area contributed by atoms with Crippen LogP contribution in [0.5, 0.6) is 0 Å². The smallest absolute Gasteiger partial charge is 0.242 e. The van der Waals surface area contributed by atoms with Gasteiger partial charge in [-0.25, -0.2) is 4.99 Å². The summed E-state index contributed by atoms with van der Waals surface area (Å²) in [4.78, 5) is 32.3. The van der Waals surface area contributed by atoms with Crippen LogP contribution >= 0.6 is 11.8 Å². The molecule has 2 aliphatic rings. The molecule has 1 saturated carbocycles. The highest BCUT2D eigenvalue weighted by molar-refractivity contribution is 8.15. The van der Waals surface area contributed by atoms with Gasteiger partial charge in [-0.2, -0.15) is 0 Å². The number of hydrogen-bond donors (Lipinski definition) is 1. The molecule has 5 nitrogen and oxygen atoms in total. The molecule has 1 N–H and O–H groups in total. The fourth-order valence-corrected chi connectivity index (χ4v) is 4.60. The van der Waals surface area contributed by atoms with E-state index in [-0.39, 0.29) is 24.3 Å². The normalized spacial score (nSPS) is 20.4. The highest BCUT2D eigenvalue weighted by atomic mass is 32.2. The lowest BCUT2D eigenvalue weighted by molar-refractivity contribution is -0.128. The van der Waals surface area contributed by atoms with Crippen LogP contribution in [0.1, 0.15) is 36.0 Å². The van der Waals surface area contributed by atoms with E-state index in [1.165, 1.54) is 11.8 Å². The number of carbonyl (C=O) groups is 2. The minimum Gasteiger partial charge on any atom is -0.326 e. The third-order valence-electron chi connectivity index (χ3n) is 5.25. The molecular formula is C23H25N3O2S. The fraction of sp³-hybridized carbons (Fsp3) is 0.348. The number of anilines is 1. The molecule has 1 aliphatic heterocycles. The average molecular weight is 408 g/mol. The molecule has 1 saturated heterocycles. The summed E-state index contributed by atoms with van der Waals surface area (Å²) in [6.45, 7) is 5.97. The molecule has 0 spiro atoms. The second kappa shape index (κ2) is 8.03.